The molecule has 5 nitrogen and oxygen atoms in total. The summed E-state index contributed by atoms with van der Waals surface area (Å²) < 4.78 is 7.46. The molecule has 102 valence electrons. The molecular formula is C14H19N3O2. The van der Waals surface area contributed by atoms with Gasteiger partial charge in [-0.15, -0.1) is 0 Å². The van der Waals surface area contributed by atoms with E-state index in [0.29, 0.717) is 25.2 Å². The number of amides is 1. The first-order valence-electron chi connectivity index (χ1n) is 6.39. The Hall–Kier alpha value is -1.96. The number of carbonyl (C=O) groups excluding carboxylic acids is 1. The van der Waals surface area contributed by atoms with Crippen molar-refractivity contribution >= 4 is 6.09 Å². The first-order valence-corrected chi connectivity index (χ1v) is 6.39. The van der Waals surface area contributed by atoms with Crippen LogP contribution in [0.4, 0.5) is 4.79 Å². The number of ether oxygens (including phenoxy) is 1. The fraction of sp³-hybridized carbons (Fsp3) is 0.571. The lowest BCUT2D eigenvalue weighted by molar-refractivity contribution is 0.0198. The quantitative estimate of drug-likeness (QED) is 0.720. The number of nitrogens with zero attached hydrogens (tertiary/aromatic N) is 3. The Morgan fingerprint density at radius 1 is 1.42 bits per heavy atom. The van der Waals surface area contributed by atoms with Crippen molar-refractivity contribution in [1.29, 1.82) is 5.26 Å². The summed E-state index contributed by atoms with van der Waals surface area (Å²) >= 11 is 0. The second kappa shape index (κ2) is 4.61. The number of nitriles is 1. The third kappa shape index (κ3) is 2.73. The first kappa shape index (κ1) is 13.5. The van der Waals surface area contributed by atoms with Crippen molar-refractivity contribution in [2.75, 3.05) is 6.54 Å². The van der Waals surface area contributed by atoms with Gasteiger partial charge in [0.2, 0.25) is 0 Å². The van der Waals surface area contributed by atoms with E-state index in [1.165, 1.54) is 0 Å². The van der Waals surface area contributed by atoms with Gasteiger partial charge in [-0.05, 0) is 33.8 Å². The molecule has 0 radical (unpaired) electrons. The molecule has 0 aliphatic carbocycles. The van der Waals surface area contributed by atoms with Crippen molar-refractivity contribution in [2.45, 2.75) is 46.4 Å². The first-order chi connectivity index (χ1) is 8.81. The Labute approximate surface area is 113 Å². The predicted molar refractivity (Wildman–Crippen MR) is 70.5 cm³/mol. The lowest BCUT2D eigenvalue weighted by atomic mass is 10.2. The molecule has 2 heterocycles. The zero-order chi connectivity index (χ0) is 14.2. The fourth-order valence-corrected chi connectivity index (χ4v) is 2.27. The molecule has 5 heteroatoms. The Kier molecular flexibility index (Phi) is 3.27. The molecule has 19 heavy (non-hydrogen) atoms. The summed E-state index contributed by atoms with van der Waals surface area (Å²) in [5.41, 5.74) is 2.11. The third-order valence-electron chi connectivity index (χ3n) is 3.12. The van der Waals surface area contributed by atoms with Crippen LogP contribution in [-0.2, 0) is 17.8 Å². The molecule has 1 aliphatic rings. The van der Waals surface area contributed by atoms with Crippen LogP contribution >= 0.6 is 0 Å². The summed E-state index contributed by atoms with van der Waals surface area (Å²) in [6.07, 6.45) is -0.318. The Balaban J connectivity index is 2.18. The number of aromatic nitrogens is 1. The van der Waals surface area contributed by atoms with Crippen molar-refractivity contribution in [3.63, 3.8) is 0 Å². The molecule has 0 bridgehead atoms. The highest BCUT2D eigenvalue weighted by Gasteiger charge is 2.27. The maximum atomic E-state index is 12.0. The fourth-order valence-electron chi connectivity index (χ4n) is 2.27. The number of hydrogen-bond donors (Lipinski definition) is 0. The van der Waals surface area contributed by atoms with Crippen LogP contribution in [-0.4, -0.2) is 27.7 Å². The zero-order valence-corrected chi connectivity index (χ0v) is 11.9. The minimum absolute atomic E-state index is 0.318. The molecule has 1 aromatic rings. The van der Waals surface area contributed by atoms with Gasteiger partial charge in [-0.2, -0.15) is 5.26 Å². The lowest BCUT2D eigenvalue weighted by Crippen LogP contribution is -2.41. The lowest BCUT2D eigenvalue weighted by Gasteiger charge is -2.31. The van der Waals surface area contributed by atoms with Gasteiger partial charge in [-0.1, -0.05) is 0 Å². The van der Waals surface area contributed by atoms with Gasteiger partial charge in [-0.3, -0.25) is 0 Å². The summed E-state index contributed by atoms with van der Waals surface area (Å²) in [4.78, 5) is 13.7. The summed E-state index contributed by atoms with van der Waals surface area (Å²) in [5, 5.41) is 9.12. The van der Waals surface area contributed by atoms with Crippen LogP contribution < -0.4 is 0 Å². The van der Waals surface area contributed by atoms with Gasteiger partial charge < -0.3 is 14.2 Å². The number of carbonyl (C=O) groups is 1. The molecule has 0 atom stereocenters. The van der Waals surface area contributed by atoms with Gasteiger partial charge in [-0.25, -0.2) is 4.79 Å². The summed E-state index contributed by atoms with van der Waals surface area (Å²) in [6, 6.07) is 4.05. The summed E-state index contributed by atoms with van der Waals surface area (Å²) in [6.45, 7) is 9.29. The molecule has 0 N–H and O–H groups in total. The highest BCUT2D eigenvalue weighted by atomic mass is 16.6. The van der Waals surface area contributed by atoms with Crippen LogP contribution in [0.25, 0.3) is 0 Å². The normalized spacial score (nSPS) is 14.8. The van der Waals surface area contributed by atoms with Crippen molar-refractivity contribution in [2.24, 2.45) is 0 Å². The third-order valence-corrected chi connectivity index (χ3v) is 3.12. The molecule has 2 rings (SSSR count). The van der Waals surface area contributed by atoms with Crippen LogP contribution in [0.2, 0.25) is 0 Å². The molecular weight excluding hydrogens is 242 g/mol. The molecule has 0 saturated carbocycles. The maximum absolute atomic E-state index is 12.0. The average Bonchev–Trinajstić information content (AvgIpc) is 2.63. The van der Waals surface area contributed by atoms with Crippen LogP contribution in [0.15, 0.2) is 6.07 Å². The van der Waals surface area contributed by atoms with E-state index < -0.39 is 5.60 Å². The molecule has 0 saturated heterocycles. The van der Waals surface area contributed by atoms with E-state index in [0.717, 1.165) is 11.4 Å². The van der Waals surface area contributed by atoms with Crippen LogP contribution in [0, 0.1) is 18.3 Å². The minimum Gasteiger partial charge on any atom is -0.444 e. The van der Waals surface area contributed by atoms with Gasteiger partial charge >= 0.3 is 6.09 Å². The number of rotatable bonds is 0. The average molecular weight is 261 g/mol. The second-order valence-electron chi connectivity index (χ2n) is 5.81. The van der Waals surface area contributed by atoms with Crippen molar-refractivity contribution in [3.05, 3.63) is 23.0 Å². The van der Waals surface area contributed by atoms with E-state index in [2.05, 4.69) is 10.6 Å². The molecule has 0 spiro atoms. The Morgan fingerprint density at radius 2 is 2.11 bits per heavy atom. The summed E-state index contributed by atoms with van der Waals surface area (Å²) in [5.74, 6) is 0. The molecule has 0 aromatic carbocycles. The van der Waals surface area contributed by atoms with Gasteiger partial charge in [0, 0.05) is 18.8 Å². The van der Waals surface area contributed by atoms with E-state index in [1.54, 1.807) is 4.90 Å². The van der Waals surface area contributed by atoms with Gasteiger partial charge in [0.15, 0.2) is 0 Å². The van der Waals surface area contributed by atoms with Crippen molar-refractivity contribution in [1.82, 2.24) is 9.47 Å². The maximum Gasteiger partial charge on any atom is 0.410 e. The topological polar surface area (TPSA) is 58.3 Å². The van der Waals surface area contributed by atoms with E-state index in [-0.39, 0.29) is 6.09 Å². The standard InChI is InChI=1S/C14H19N3O2/c1-10-7-11(8-15)12-9-16(5-6-17(10)12)13(18)19-14(2,3)4/h7H,5-6,9H2,1-4H3. The van der Waals surface area contributed by atoms with Crippen molar-refractivity contribution < 1.29 is 9.53 Å². The summed E-state index contributed by atoms with van der Waals surface area (Å²) in [7, 11) is 0. The zero-order valence-electron chi connectivity index (χ0n) is 11.9. The molecule has 0 fully saturated rings. The van der Waals surface area contributed by atoms with Crippen LogP contribution in [0.5, 0.6) is 0 Å². The van der Waals surface area contributed by atoms with E-state index >= 15 is 0 Å². The van der Waals surface area contributed by atoms with Crippen LogP contribution in [0.3, 0.4) is 0 Å². The van der Waals surface area contributed by atoms with E-state index in [4.69, 9.17) is 10.00 Å². The minimum atomic E-state index is -0.496. The van der Waals surface area contributed by atoms with Gasteiger partial charge in [0.25, 0.3) is 0 Å². The molecule has 0 unspecified atom stereocenters. The number of fused-ring (bicyclic) bond motifs is 1. The predicted octanol–water partition coefficient (Wildman–Crippen LogP) is 2.42. The molecule has 1 amide bonds. The largest absolute Gasteiger partial charge is 0.444 e. The SMILES string of the molecule is Cc1cc(C#N)c2n1CCN(C(=O)OC(C)(C)C)C2. The highest BCUT2D eigenvalue weighted by molar-refractivity contribution is 5.68. The van der Waals surface area contributed by atoms with Crippen molar-refractivity contribution in [3.8, 4) is 6.07 Å². The highest BCUT2D eigenvalue weighted by Crippen LogP contribution is 2.22. The Bertz CT molecular complexity index is 546. The van der Waals surface area contributed by atoms with Crippen LogP contribution in [0.1, 0.15) is 37.7 Å². The second-order valence-corrected chi connectivity index (χ2v) is 5.81. The monoisotopic (exact) mass is 261 g/mol. The van der Waals surface area contributed by atoms with E-state index in [9.17, 15) is 4.79 Å². The van der Waals surface area contributed by atoms with E-state index in [1.807, 2.05) is 33.8 Å². The van der Waals surface area contributed by atoms with Gasteiger partial charge in [0.05, 0.1) is 17.8 Å². The smallest absolute Gasteiger partial charge is 0.410 e. The van der Waals surface area contributed by atoms with Gasteiger partial charge in [0.1, 0.15) is 11.7 Å². The molecule has 1 aliphatic heterocycles. The molecule has 1 aromatic heterocycles. The number of aryl methyl sites for hydroxylation is 1. The Morgan fingerprint density at radius 3 is 2.68 bits per heavy atom. The number of hydrogen-bond acceptors (Lipinski definition) is 3.